The Morgan fingerprint density at radius 2 is 1.94 bits per heavy atom. The van der Waals surface area contributed by atoms with E-state index in [4.69, 9.17) is 11.6 Å². The summed E-state index contributed by atoms with van der Waals surface area (Å²) in [7, 11) is 0. The molecule has 1 fully saturated rings. The Morgan fingerprint density at radius 3 is 2.44 bits per heavy atom. The third-order valence-corrected chi connectivity index (χ3v) is 3.62. The minimum absolute atomic E-state index is 0.104. The molecule has 2 aliphatic rings. The standard InChI is InChI=1S/C12H11ClN2O/c1-8-12(6-7-12)11(16)15(14-8)10-4-2-9(13)3-5-10/h2-5H,6-7H2,1H3. The highest BCUT2D eigenvalue weighted by Gasteiger charge is 2.58. The molecule has 1 aromatic carbocycles. The van der Waals surface area contributed by atoms with Gasteiger partial charge in [-0.3, -0.25) is 4.79 Å². The van der Waals surface area contributed by atoms with Crippen molar-refractivity contribution in [2.75, 3.05) is 5.01 Å². The average molecular weight is 235 g/mol. The Bertz CT molecular complexity index is 488. The molecule has 1 aromatic rings. The fourth-order valence-electron chi connectivity index (χ4n) is 2.11. The fourth-order valence-corrected chi connectivity index (χ4v) is 2.23. The molecule has 4 heteroatoms. The van der Waals surface area contributed by atoms with Crippen LogP contribution in [0.4, 0.5) is 5.69 Å². The van der Waals surface area contributed by atoms with Crippen molar-refractivity contribution < 1.29 is 4.79 Å². The molecule has 0 atom stereocenters. The zero-order valence-electron chi connectivity index (χ0n) is 8.90. The topological polar surface area (TPSA) is 32.7 Å². The van der Waals surface area contributed by atoms with Gasteiger partial charge in [0.25, 0.3) is 5.91 Å². The van der Waals surface area contributed by atoms with Crippen molar-refractivity contribution in [2.24, 2.45) is 10.5 Å². The first-order chi connectivity index (χ1) is 7.63. The van der Waals surface area contributed by atoms with Crippen molar-refractivity contribution in [3.8, 4) is 0 Å². The second-order valence-electron chi connectivity index (χ2n) is 4.36. The number of nitrogens with zero attached hydrogens (tertiary/aromatic N) is 2. The lowest BCUT2D eigenvalue weighted by Crippen LogP contribution is -2.28. The molecule has 3 nitrogen and oxygen atoms in total. The number of carbonyl (C=O) groups is 1. The van der Waals surface area contributed by atoms with E-state index in [1.165, 1.54) is 5.01 Å². The van der Waals surface area contributed by atoms with Crippen molar-refractivity contribution in [3.63, 3.8) is 0 Å². The monoisotopic (exact) mass is 234 g/mol. The number of anilines is 1. The summed E-state index contributed by atoms with van der Waals surface area (Å²) in [6.45, 7) is 1.93. The predicted octanol–water partition coefficient (Wildman–Crippen LogP) is 2.84. The molecule has 0 N–H and O–H groups in total. The lowest BCUT2D eigenvalue weighted by atomic mass is 10.0. The molecule has 1 aliphatic carbocycles. The number of hydrazone groups is 1. The van der Waals surface area contributed by atoms with Gasteiger partial charge in [-0.25, -0.2) is 0 Å². The third-order valence-electron chi connectivity index (χ3n) is 3.37. The molecule has 1 heterocycles. The number of hydrogen-bond donors (Lipinski definition) is 0. The molecule has 1 amide bonds. The maximum absolute atomic E-state index is 12.2. The first-order valence-electron chi connectivity index (χ1n) is 5.29. The number of benzene rings is 1. The van der Waals surface area contributed by atoms with Crippen LogP contribution in [0.1, 0.15) is 19.8 Å². The van der Waals surface area contributed by atoms with Crippen LogP contribution in [-0.2, 0) is 4.79 Å². The van der Waals surface area contributed by atoms with Gasteiger partial charge in [0.1, 0.15) is 0 Å². The lowest BCUT2D eigenvalue weighted by molar-refractivity contribution is -0.120. The van der Waals surface area contributed by atoms with E-state index in [0.29, 0.717) is 5.02 Å². The average Bonchev–Trinajstić information content (AvgIpc) is 3.03. The zero-order chi connectivity index (χ0) is 11.3. The van der Waals surface area contributed by atoms with E-state index in [2.05, 4.69) is 5.10 Å². The van der Waals surface area contributed by atoms with E-state index in [1.807, 2.05) is 19.1 Å². The summed E-state index contributed by atoms with van der Waals surface area (Å²) in [5, 5.41) is 6.50. The van der Waals surface area contributed by atoms with Crippen LogP contribution in [0.3, 0.4) is 0 Å². The van der Waals surface area contributed by atoms with E-state index in [-0.39, 0.29) is 11.3 Å². The smallest absolute Gasteiger partial charge is 0.259 e. The highest BCUT2D eigenvalue weighted by molar-refractivity contribution is 6.30. The van der Waals surface area contributed by atoms with Gasteiger partial charge in [0.15, 0.2) is 0 Å². The van der Waals surface area contributed by atoms with Gasteiger partial charge in [0.05, 0.1) is 16.8 Å². The first kappa shape index (κ1) is 9.85. The second-order valence-corrected chi connectivity index (χ2v) is 4.80. The number of halogens is 1. The van der Waals surface area contributed by atoms with Crippen molar-refractivity contribution in [3.05, 3.63) is 29.3 Å². The lowest BCUT2D eigenvalue weighted by Gasteiger charge is -2.13. The molecule has 16 heavy (non-hydrogen) atoms. The van der Waals surface area contributed by atoms with Gasteiger partial charge in [-0.1, -0.05) is 11.6 Å². The van der Waals surface area contributed by atoms with Crippen molar-refractivity contribution in [1.82, 2.24) is 0 Å². The van der Waals surface area contributed by atoms with Crippen LogP contribution in [-0.4, -0.2) is 11.6 Å². The van der Waals surface area contributed by atoms with Gasteiger partial charge >= 0.3 is 0 Å². The molecule has 0 aromatic heterocycles. The Labute approximate surface area is 98.7 Å². The van der Waals surface area contributed by atoms with Crippen LogP contribution in [0.2, 0.25) is 5.02 Å². The molecule has 3 rings (SSSR count). The highest BCUT2D eigenvalue weighted by Crippen LogP contribution is 2.52. The van der Waals surface area contributed by atoms with Crippen LogP contribution in [0, 0.1) is 5.41 Å². The number of hydrogen-bond acceptors (Lipinski definition) is 2. The summed E-state index contributed by atoms with van der Waals surface area (Å²) in [4.78, 5) is 12.2. The Kier molecular flexibility index (Phi) is 1.89. The SMILES string of the molecule is CC1=NN(c2ccc(Cl)cc2)C(=O)C12CC2. The van der Waals surface area contributed by atoms with Crippen LogP contribution in [0.25, 0.3) is 0 Å². The Balaban J connectivity index is 1.98. The van der Waals surface area contributed by atoms with Crippen LogP contribution in [0.5, 0.6) is 0 Å². The Hall–Kier alpha value is -1.35. The molecule has 1 saturated carbocycles. The van der Waals surface area contributed by atoms with Gasteiger partial charge in [0.2, 0.25) is 0 Å². The summed E-state index contributed by atoms with van der Waals surface area (Å²) < 4.78 is 0. The molecule has 0 radical (unpaired) electrons. The van der Waals surface area contributed by atoms with E-state index >= 15 is 0 Å². The molecule has 0 unspecified atom stereocenters. The quantitative estimate of drug-likeness (QED) is 0.736. The zero-order valence-corrected chi connectivity index (χ0v) is 9.66. The third kappa shape index (κ3) is 1.21. The van der Waals surface area contributed by atoms with Gasteiger partial charge in [-0.2, -0.15) is 10.1 Å². The van der Waals surface area contributed by atoms with Crippen LogP contribution in [0.15, 0.2) is 29.4 Å². The largest absolute Gasteiger partial charge is 0.271 e. The maximum atomic E-state index is 12.2. The van der Waals surface area contributed by atoms with Crippen molar-refractivity contribution >= 4 is 28.9 Å². The summed E-state index contributed by atoms with van der Waals surface area (Å²) in [6.07, 6.45) is 1.87. The molecular formula is C12H11ClN2O. The molecular weight excluding hydrogens is 224 g/mol. The predicted molar refractivity (Wildman–Crippen MR) is 63.7 cm³/mol. The highest BCUT2D eigenvalue weighted by atomic mass is 35.5. The first-order valence-corrected chi connectivity index (χ1v) is 5.67. The normalized spacial score (nSPS) is 21.5. The molecule has 0 bridgehead atoms. The van der Waals surface area contributed by atoms with Crippen LogP contribution < -0.4 is 5.01 Å². The summed E-state index contributed by atoms with van der Waals surface area (Å²) in [5.74, 6) is 0.104. The summed E-state index contributed by atoms with van der Waals surface area (Å²) >= 11 is 5.81. The molecule has 0 saturated heterocycles. The number of carbonyl (C=O) groups excluding carboxylic acids is 1. The van der Waals surface area contributed by atoms with Crippen LogP contribution >= 0.6 is 11.6 Å². The van der Waals surface area contributed by atoms with E-state index in [9.17, 15) is 4.79 Å². The Morgan fingerprint density at radius 1 is 1.31 bits per heavy atom. The summed E-state index contributed by atoms with van der Waals surface area (Å²) in [6, 6.07) is 7.18. The fraction of sp³-hybridized carbons (Fsp3) is 0.333. The van der Waals surface area contributed by atoms with Gasteiger partial charge in [-0.05, 0) is 44.0 Å². The van der Waals surface area contributed by atoms with Crippen molar-refractivity contribution in [1.29, 1.82) is 0 Å². The minimum Gasteiger partial charge on any atom is -0.271 e. The molecule has 82 valence electrons. The number of amides is 1. The minimum atomic E-state index is -0.264. The summed E-state index contributed by atoms with van der Waals surface area (Å²) in [5.41, 5.74) is 1.46. The molecule has 1 spiro atoms. The number of rotatable bonds is 1. The van der Waals surface area contributed by atoms with E-state index < -0.39 is 0 Å². The van der Waals surface area contributed by atoms with E-state index in [0.717, 1.165) is 24.2 Å². The maximum Gasteiger partial charge on any atom is 0.259 e. The van der Waals surface area contributed by atoms with E-state index in [1.54, 1.807) is 12.1 Å². The van der Waals surface area contributed by atoms with Gasteiger partial charge < -0.3 is 0 Å². The van der Waals surface area contributed by atoms with Gasteiger partial charge in [0, 0.05) is 5.02 Å². The van der Waals surface area contributed by atoms with Crippen molar-refractivity contribution in [2.45, 2.75) is 19.8 Å². The van der Waals surface area contributed by atoms with Gasteiger partial charge in [-0.15, -0.1) is 0 Å². The second kappa shape index (κ2) is 3.08. The molecule has 1 aliphatic heterocycles.